The van der Waals surface area contributed by atoms with Crippen molar-refractivity contribution in [2.24, 2.45) is 0 Å². The zero-order valence-corrected chi connectivity index (χ0v) is 12.6. The summed E-state index contributed by atoms with van der Waals surface area (Å²) in [6.45, 7) is 2.10. The number of rotatable bonds is 4. The largest absolute Gasteiger partial charge is 0.359 e. The van der Waals surface area contributed by atoms with Gasteiger partial charge in [0.15, 0.2) is 5.76 Å². The van der Waals surface area contributed by atoms with Gasteiger partial charge in [-0.25, -0.2) is 4.39 Å². The van der Waals surface area contributed by atoms with E-state index in [0.29, 0.717) is 24.2 Å². The molecule has 1 fully saturated rings. The van der Waals surface area contributed by atoms with E-state index in [0.717, 1.165) is 18.5 Å². The molecule has 22 heavy (non-hydrogen) atoms. The molecule has 0 bridgehead atoms. The number of amides is 1. The van der Waals surface area contributed by atoms with E-state index in [1.165, 1.54) is 6.07 Å². The molecule has 2 aromatic rings. The van der Waals surface area contributed by atoms with Gasteiger partial charge >= 0.3 is 0 Å². The number of nitrogens with one attached hydrogen (secondary N) is 1. The van der Waals surface area contributed by atoms with E-state index in [-0.39, 0.29) is 18.3 Å². The molecule has 1 heterocycles. The van der Waals surface area contributed by atoms with Crippen molar-refractivity contribution >= 4 is 5.91 Å². The lowest BCUT2D eigenvalue weighted by molar-refractivity contribution is -0.127. The van der Waals surface area contributed by atoms with Crippen LogP contribution in [0.5, 0.6) is 0 Å². The topological polar surface area (TPSA) is 55.1 Å². The highest BCUT2D eigenvalue weighted by Gasteiger charge is 2.44. The Hall–Kier alpha value is -2.17. The summed E-state index contributed by atoms with van der Waals surface area (Å²) in [6.07, 6.45) is 3.22. The van der Waals surface area contributed by atoms with Crippen molar-refractivity contribution in [1.82, 2.24) is 10.5 Å². The second-order valence-corrected chi connectivity index (χ2v) is 5.89. The van der Waals surface area contributed by atoms with E-state index in [1.54, 1.807) is 24.3 Å². The third-order valence-electron chi connectivity index (χ3n) is 4.38. The Morgan fingerprint density at radius 2 is 2.09 bits per heavy atom. The Labute approximate surface area is 128 Å². The molecule has 116 valence electrons. The van der Waals surface area contributed by atoms with Crippen LogP contribution in [0.15, 0.2) is 34.9 Å². The average Bonchev–Trinajstić information content (AvgIpc) is 3.15. The second-order valence-electron chi connectivity index (χ2n) is 5.89. The molecule has 1 aromatic heterocycles. The maximum Gasteiger partial charge on any atom is 0.231 e. The summed E-state index contributed by atoms with van der Waals surface area (Å²) >= 11 is 0. The maximum atomic E-state index is 14.2. The first-order valence-corrected chi connectivity index (χ1v) is 7.57. The Morgan fingerprint density at radius 3 is 2.73 bits per heavy atom. The number of nitrogens with zero attached hydrogens (tertiary/aromatic N) is 1. The molecule has 1 N–H and O–H groups in total. The standard InChI is InChI=1S/C17H19FN2O2/c1-12-10-13(22-20-12)11-19-16(21)17(8-4-5-9-17)14-6-2-3-7-15(14)18/h2-3,6-7,10H,4-5,8-9,11H2,1H3,(H,19,21). The van der Waals surface area contributed by atoms with Crippen LogP contribution in [-0.4, -0.2) is 11.1 Å². The summed E-state index contributed by atoms with van der Waals surface area (Å²) in [5.74, 6) is 0.159. The van der Waals surface area contributed by atoms with E-state index in [4.69, 9.17) is 4.52 Å². The highest BCUT2D eigenvalue weighted by Crippen LogP contribution is 2.42. The average molecular weight is 302 g/mol. The van der Waals surface area contributed by atoms with Crippen LogP contribution in [-0.2, 0) is 16.8 Å². The molecule has 0 spiro atoms. The summed E-state index contributed by atoms with van der Waals surface area (Å²) in [5, 5.41) is 6.68. The van der Waals surface area contributed by atoms with E-state index in [1.807, 2.05) is 6.92 Å². The highest BCUT2D eigenvalue weighted by molar-refractivity contribution is 5.88. The number of benzene rings is 1. The molecule has 0 unspecified atom stereocenters. The van der Waals surface area contributed by atoms with Gasteiger partial charge in [-0.3, -0.25) is 4.79 Å². The number of halogens is 1. The summed E-state index contributed by atoms with van der Waals surface area (Å²) in [4.78, 5) is 12.8. The van der Waals surface area contributed by atoms with E-state index >= 15 is 0 Å². The molecule has 0 saturated heterocycles. The summed E-state index contributed by atoms with van der Waals surface area (Å²) < 4.78 is 19.3. The second kappa shape index (κ2) is 5.91. The van der Waals surface area contributed by atoms with Crippen LogP contribution in [0.25, 0.3) is 0 Å². The van der Waals surface area contributed by atoms with Gasteiger partial charge in [-0.2, -0.15) is 0 Å². The molecule has 1 saturated carbocycles. The molecular weight excluding hydrogens is 283 g/mol. The van der Waals surface area contributed by atoms with Crippen molar-refractivity contribution in [1.29, 1.82) is 0 Å². The fourth-order valence-corrected chi connectivity index (χ4v) is 3.28. The third kappa shape index (κ3) is 2.63. The minimum absolute atomic E-state index is 0.135. The quantitative estimate of drug-likeness (QED) is 0.943. The van der Waals surface area contributed by atoms with Crippen LogP contribution in [0, 0.1) is 12.7 Å². The van der Waals surface area contributed by atoms with Crippen molar-refractivity contribution < 1.29 is 13.7 Å². The van der Waals surface area contributed by atoms with Crippen molar-refractivity contribution in [3.8, 4) is 0 Å². The predicted octanol–water partition coefficient (Wildman–Crippen LogP) is 3.25. The normalized spacial score (nSPS) is 16.6. The Bertz CT molecular complexity index is 675. The SMILES string of the molecule is Cc1cc(CNC(=O)C2(c3ccccc3F)CCCC2)on1. The van der Waals surface area contributed by atoms with Gasteiger partial charge in [0.1, 0.15) is 5.82 Å². The van der Waals surface area contributed by atoms with Gasteiger partial charge in [0, 0.05) is 11.6 Å². The lowest BCUT2D eigenvalue weighted by Gasteiger charge is -2.28. The zero-order chi connectivity index (χ0) is 15.6. The minimum atomic E-state index is -0.763. The number of aromatic nitrogens is 1. The Morgan fingerprint density at radius 1 is 1.36 bits per heavy atom. The molecule has 3 rings (SSSR count). The fraction of sp³-hybridized carbons (Fsp3) is 0.412. The van der Waals surface area contributed by atoms with E-state index in [2.05, 4.69) is 10.5 Å². The molecule has 5 heteroatoms. The van der Waals surface area contributed by atoms with Crippen molar-refractivity contribution in [3.63, 3.8) is 0 Å². The summed E-state index contributed by atoms with van der Waals surface area (Å²) in [5.41, 5.74) is 0.508. The van der Waals surface area contributed by atoms with Gasteiger partial charge in [0.05, 0.1) is 17.7 Å². The molecule has 0 atom stereocenters. The summed E-state index contributed by atoms with van der Waals surface area (Å²) in [6, 6.07) is 8.36. The van der Waals surface area contributed by atoms with E-state index < -0.39 is 5.41 Å². The molecule has 1 aromatic carbocycles. The Kier molecular flexibility index (Phi) is 3.96. The van der Waals surface area contributed by atoms with Gasteiger partial charge in [-0.05, 0) is 25.8 Å². The molecule has 1 aliphatic carbocycles. The first kappa shape index (κ1) is 14.8. The van der Waals surface area contributed by atoms with Crippen molar-refractivity contribution in [2.75, 3.05) is 0 Å². The van der Waals surface area contributed by atoms with Crippen LogP contribution in [0.4, 0.5) is 4.39 Å². The lowest BCUT2D eigenvalue weighted by atomic mass is 9.77. The highest BCUT2D eigenvalue weighted by atomic mass is 19.1. The number of aryl methyl sites for hydroxylation is 1. The van der Waals surface area contributed by atoms with E-state index in [9.17, 15) is 9.18 Å². The van der Waals surface area contributed by atoms with Crippen LogP contribution >= 0.6 is 0 Å². The smallest absolute Gasteiger partial charge is 0.231 e. The van der Waals surface area contributed by atoms with Gasteiger partial charge in [-0.15, -0.1) is 0 Å². The van der Waals surface area contributed by atoms with Gasteiger partial charge in [0.2, 0.25) is 5.91 Å². The monoisotopic (exact) mass is 302 g/mol. The fourth-order valence-electron chi connectivity index (χ4n) is 3.28. The molecule has 0 aliphatic heterocycles. The number of carbonyl (C=O) groups excluding carboxylic acids is 1. The first-order valence-electron chi connectivity index (χ1n) is 7.57. The number of hydrogen-bond acceptors (Lipinski definition) is 3. The minimum Gasteiger partial charge on any atom is -0.359 e. The van der Waals surface area contributed by atoms with Crippen LogP contribution in [0.1, 0.15) is 42.7 Å². The lowest BCUT2D eigenvalue weighted by Crippen LogP contribution is -2.42. The van der Waals surface area contributed by atoms with Crippen LogP contribution < -0.4 is 5.32 Å². The van der Waals surface area contributed by atoms with Gasteiger partial charge < -0.3 is 9.84 Å². The Balaban J connectivity index is 1.81. The predicted molar refractivity (Wildman–Crippen MR) is 79.6 cm³/mol. The molecule has 0 radical (unpaired) electrons. The summed E-state index contributed by atoms with van der Waals surface area (Å²) in [7, 11) is 0. The van der Waals surface area contributed by atoms with Crippen molar-refractivity contribution in [3.05, 3.63) is 53.2 Å². The number of hydrogen-bond donors (Lipinski definition) is 1. The van der Waals surface area contributed by atoms with Gasteiger partial charge in [0.25, 0.3) is 0 Å². The third-order valence-corrected chi connectivity index (χ3v) is 4.38. The number of carbonyl (C=O) groups is 1. The zero-order valence-electron chi connectivity index (χ0n) is 12.6. The van der Waals surface area contributed by atoms with Crippen LogP contribution in [0.2, 0.25) is 0 Å². The van der Waals surface area contributed by atoms with Gasteiger partial charge in [-0.1, -0.05) is 36.2 Å². The first-order chi connectivity index (χ1) is 10.6. The molecule has 1 amide bonds. The van der Waals surface area contributed by atoms with Crippen LogP contribution in [0.3, 0.4) is 0 Å². The molecule has 1 aliphatic rings. The maximum absolute atomic E-state index is 14.2. The van der Waals surface area contributed by atoms with Crippen molar-refractivity contribution in [2.45, 2.75) is 44.6 Å². The molecular formula is C17H19FN2O2. The molecule has 4 nitrogen and oxygen atoms in total.